The smallest absolute Gasteiger partial charge is 0.0409 e. The SMILES string of the molecule is CCC(C)C(c1ccccc1)C(NC)c1cccc(Cl)c1. The summed E-state index contributed by atoms with van der Waals surface area (Å²) in [6.45, 7) is 4.58. The number of nitrogens with one attached hydrogen (secondary N) is 1. The van der Waals surface area contributed by atoms with Gasteiger partial charge in [0.05, 0.1) is 0 Å². The molecular weight excluding hydrogens is 278 g/mol. The van der Waals surface area contributed by atoms with Crippen LogP contribution in [0.25, 0.3) is 0 Å². The Balaban J connectivity index is 2.43. The van der Waals surface area contributed by atoms with E-state index in [1.165, 1.54) is 11.1 Å². The molecule has 2 rings (SSSR count). The number of hydrogen-bond acceptors (Lipinski definition) is 1. The van der Waals surface area contributed by atoms with Gasteiger partial charge in [0.25, 0.3) is 0 Å². The summed E-state index contributed by atoms with van der Waals surface area (Å²) in [5, 5.41) is 4.30. The second-order valence-corrected chi connectivity index (χ2v) is 6.08. The van der Waals surface area contributed by atoms with Crippen LogP contribution in [0.3, 0.4) is 0 Å². The monoisotopic (exact) mass is 301 g/mol. The molecule has 0 aliphatic heterocycles. The Kier molecular flexibility index (Phi) is 5.84. The van der Waals surface area contributed by atoms with Crippen LogP contribution in [0, 0.1) is 5.92 Å². The molecule has 0 aliphatic carbocycles. The van der Waals surface area contributed by atoms with Crippen molar-refractivity contribution in [2.24, 2.45) is 5.92 Å². The van der Waals surface area contributed by atoms with Crippen molar-refractivity contribution in [2.75, 3.05) is 7.05 Å². The molecule has 0 aromatic heterocycles. The van der Waals surface area contributed by atoms with Gasteiger partial charge in [-0.05, 0) is 36.2 Å². The van der Waals surface area contributed by atoms with E-state index in [0.29, 0.717) is 11.8 Å². The molecule has 2 heteroatoms. The highest BCUT2D eigenvalue weighted by atomic mass is 35.5. The molecule has 0 radical (unpaired) electrons. The lowest BCUT2D eigenvalue weighted by molar-refractivity contribution is 0.354. The van der Waals surface area contributed by atoms with Gasteiger partial charge < -0.3 is 5.32 Å². The average molecular weight is 302 g/mol. The first-order chi connectivity index (χ1) is 10.2. The molecule has 3 atom stereocenters. The third kappa shape index (κ3) is 3.87. The maximum atomic E-state index is 6.18. The minimum atomic E-state index is 0.265. The fourth-order valence-electron chi connectivity index (χ4n) is 3.03. The first-order valence-electron chi connectivity index (χ1n) is 7.65. The maximum Gasteiger partial charge on any atom is 0.0409 e. The Labute approximate surface area is 133 Å². The highest BCUT2D eigenvalue weighted by molar-refractivity contribution is 6.30. The van der Waals surface area contributed by atoms with Gasteiger partial charge in [-0.25, -0.2) is 0 Å². The lowest BCUT2D eigenvalue weighted by Crippen LogP contribution is -2.28. The number of halogens is 1. The molecular formula is C19H24ClN. The second kappa shape index (κ2) is 7.63. The van der Waals surface area contributed by atoms with Crippen molar-refractivity contribution in [3.63, 3.8) is 0 Å². The number of benzene rings is 2. The molecule has 0 aliphatic rings. The van der Waals surface area contributed by atoms with Crippen molar-refractivity contribution in [3.8, 4) is 0 Å². The van der Waals surface area contributed by atoms with Crippen molar-refractivity contribution in [2.45, 2.75) is 32.2 Å². The van der Waals surface area contributed by atoms with Gasteiger partial charge in [0.2, 0.25) is 0 Å². The van der Waals surface area contributed by atoms with Gasteiger partial charge in [0, 0.05) is 17.0 Å². The van der Waals surface area contributed by atoms with E-state index < -0.39 is 0 Å². The van der Waals surface area contributed by atoms with E-state index in [1.807, 2.05) is 19.2 Å². The Morgan fingerprint density at radius 1 is 1.00 bits per heavy atom. The van der Waals surface area contributed by atoms with Gasteiger partial charge in [-0.15, -0.1) is 0 Å². The van der Waals surface area contributed by atoms with Crippen molar-refractivity contribution in [1.29, 1.82) is 0 Å². The molecule has 21 heavy (non-hydrogen) atoms. The molecule has 1 N–H and O–H groups in total. The van der Waals surface area contributed by atoms with Gasteiger partial charge in [-0.1, -0.05) is 74.3 Å². The lowest BCUT2D eigenvalue weighted by atomic mass is 9.77. The van der Waals surface area contributed by atoms with Crippen LogP contribution in [0.4, 0.5) is 0 Å². The first kappa shape index (κ1) is 16.1. The largest absolute Gasteiger partial charge is 0.312 e. The zero-order chi connectivity index (χ0) is 15.2. The van der Waals surface area contributed by atoms with E-state index >= 15 is 0 Å². The van der Waals surface area contributed by atoms with E-state index in [0.717, 1.165) is 11.4 Å². The summed E-state index contributed by atoms with van der Waals surface area (Å²) in [5.74, 6) is 1.02. The second-order valence-electron chi connectivity index (χ2n) is 5.64. The summed E-state index contributed by atoms with van der Waals surface area (Å²) >= 11 is 6.18. The minimum absolute atomic E-state index is 0.265. The normalized spacial score (nSPS) is 15.4. The van der Waals surface area contributed by atoms with Crippen LogP contribution in [-0.4, -0.2) is 7.05 Å². The molecule has 0 saturated carbocycles. The quantitative estimate of drug-likeness (QED) is 0.750. The predicted octanol–water partition coefficient (Wildman–Crippen LogP) is 5.43. The summed E-state index contributed by atoms with van der Waals surface area (Å²) in [5.41, 5.74) is 2.63. The molecule has 2 aromatic carbocycles. The average Bonchev–Trinajstić information content (AvgIpc) is 2.52. The fourth-order valence-corrected chi connectivity index (χ4v) is 3.23. The molecule has 3 unspecified atom stereocenters. The van der Waals surface area contributed by atoms with Crippen LogP contribution >= 0.6 is 11.6 Å². The Hall–Kier alpha value is -1.31. The van der Waals surface area contributed by atoms with Gasteiger partial charge in [0.15, 0.2) is 0 Å². The van der Waals surface area contributed by atoms with E-state index in [2.05, 4.69) is 61.6 Å². The molecule has 0 amide bonds. The topological polar surface area (TPSA) is 12.0 Å². The maximum absolute atomic E-state index is 6.18. The molecule has 2 aromatic rings. The van der Waals surface area contributed by atoms with Gasteiger partial charge in [-0.3, -0.25) is 0 Å². The molecule has 0 fully saturated rings. The van der Waals surface area contributed by atoms with Gasteiger partial charge in [-0.2, -0.15) is 0 Å². The standard InChI is InChI=1S/C19H24ClN/c1-4-14(2)18(15-9-6-5-7-10-15)19(21-3)16-11-8-12-17(20)13-16/h5-14,18-19,21H,4H2,1-3H3. The summed E-state index contributed by atoms with van der Waals surface area (Å²) in [6.07, 6.45) is 1.15. The van der Waals surface area contributed by atoms with Crippen LogP contribution < -0.4 is 5.32 Å². The van der Waals surface area contributed by atoms with Crippen LogP contribution in [0.1, 0.15) is 43.4 Å². The van der Waals surface area contributed by atoms with E-state index in [-0.39, 0.29) is 6.04 Å². The van der Waals surface area contributed by atoms with Crippen molar-refractivity contribution < 1.29 is 0 Å². The molecule has 0 spiro atoms. The molecule has 0 heterocycles. The van der Waals surface area contributed by atoms with Crippen molar-refractivity contribution in [1.82, 2.24) is 5.32 Å². The summed E-state index contributed by atoms with van der Waals surface area (Å²) in [4.78, 5) is 0. The minimum Gasteiger partial charge on any atom is -0.312 e. The molecule has 1 nitrogen and oxygen atoms in total. The predicted molar refractivity (Wildman–Crippen MR) is 91.9 cm³/mol. The molecule has 112 valence electrons. The van der Waals surface area contributed by atoms with Crippen molar-refractivity contribution in [3.05, 3.63) is 70.7 Å². The highest BCUT2D eigenvalue weighted by Crippen LogP contribution is 2.38. The third-order valence-electron chi connectivity index (χ3n) is 4.32. The number of hydrogen-bond donors (Lipinski definition) is 1. The van der Waals surface area contributed by atoms with Gasteiger partial charge >= 0.3 is 0 Å². The first-order valence-corrected chi connectivity index (χ1v) is 8.02. The number of likely N-dealkylation sites (N-methyl/N-ethyl adjacent to an activating group) is 1. The molecule has 0 saturated heterocycles. The van der Waals surface area contributed by atoms with Crippen LogP contribution in [-0.2, 0) is 0 Å². The lowest BCUT2D eigenvalue weighted by Gasteiger charge is -2.32. The third-order valence-corrected chi connectivity index (χ3v) is 4.55. The zero-order valence-electron chi connectivity index (χ0n) is 13.0. The van der Waals surface area contributed by atoms with E-state index in [4.69, 9.17) is 11.6 Å². The van der Waals surface area contributed by atoms with Gasteiger partial charge in [0.1, 0.15) is 0 Å². The Morgan fingerprint density at radius 3 is 2.24 bits per heavy atom. The zero-order valence-corrected chi connectivity index (χ0v) is 13.8. The highest BCUT2D eigenvalue weighted by Gasteiger charge is 2.27. The van der Waals surface area contributed by atoms with E-state index in [9.17, 15) is 0 Å². The molecule has 0 bridgehead atoms. The summed E-state index contributed by atoms with van der Waals surface area (Å²) in [7, 11) is 2.03. The summed E-state index contributed by atoms with van der Waals surface area (Å²) < 4.78 is 0. The van der Waals surface area contributed by atoms with E-state index in [1.54, 1.807) is 0 Å². The van der Waals surface area contributed by atoms with Crippen LogP contribution in [0.15, 0.2) is 54.6 Å². The van der Waals surface area contributed by atoms with Crippen molar-refractivity contribution >= 4 is 11.6 Å². The van der Waals surface area contributed by atoms with Crippen LogP contribution in [0.2, 0.25) is 5.02 Å². The fraction of sp³-hybridized carbons (Fsp3) is 0.368. The number of rotatable bonds is 6. The Morgan fingerprint density at radius 2 is 1.67 bits per heavy atom. The summed E-state index contributed by atoms with van der Waals surface area (Å²) in [6, 6.07) is 19.2. The Bertz CT molecular complexity index is 553. The van der Waals surface area contributed by atoms with Crippen LogP contribution in [0.5, 0.6) is 0 Å².